The minimum atomic E-state index is -0.234. The minimum absolute atomic E-state index is 0.207. The molecule has 0 radical (unpaired) electrons. The lowest BCUT2D eigenvalue weighted by molar-refractivity contribution is -0.149. The smallest absolute Gasteiger partial charge is 0.310 e. The Bertz CT molecular complexity index is 357. The molecule has 0 N–H and O–H groups in total. The Labute approximate surface area is 128 Å². The van der Waals surface area contributed by atoms with E-state index < -0.39 is 0 Å². The molecule has 2 rings (SSSR count). The van der Waals surface area contributed by atoms with Crippen molar-refractivity contribution in [2.75, 3.05) is 13.7 Å². The number of hydrogen-bond donors (Lipinski definition) is 0. The molecule has 2 fully saturated rings. The quantitative estimate of drug-likeness (QED) is 0.578. The van der Waals surface area contributed by atoms with Crippen molar-refractivity contribution in [1.82, 2.24) is 4.90 Å². The second kappa shape index (κ2) is 7.81. The first-order valence-corrected chi connectivity index (χ1v) is 8.51. The second-order valence-corrected chi connectivity index (χ2v) is 6.69. The molecule has 2 aliphatic carbocycles. The molecule has 0 aromatic carbocycles. The molecule has 4 nitrogen and oxygen atoms in total. The van der Waals surface area contributed by atoms with E-state index in [0.29, 0.717) is 12.6 Å². The summed E-state index contributed by atoms with van der Waals surface area (Å²) in [6, 6.07) is 0.327. The van der Waals surface area contributed by atoms with Crippen LogP contribution in [0.1, 0.15) is 64.7 Å². The van der Waals surface area contributed by atoms with Gasteiger partial charge in [0.1, 0.15) is 0 Å². The summed E-state index contributed by atoms with van der Waals surface area (Å²) in [6.45, 7) is 2.39. The number of methoxy groups -OCH3 is 1. The van der Waals surface area contributed by atoms with E-state index in [9.17, 15) is 9.59 Å². The molecule has 2 saturated carbocycles. The Morgan fingerprint density at radius 1 is 1.05 bits per heavy atom. The van der Waals surface area contributed by atoms with Gasteiger partial charge in [-0.15, -0.1) is 0 Å². The van der Waals surface area contributed by atoms with Crippen LogP contribution in [0.4, 0.5) is 0 Å². The number of rotatable bonds is 5. The number of nitrogens with zero attached hydrogens (tertiary/aromatic N) is 1. The fourth-order valence-corrected chi connectivity index (χ4v) is 3.45. The predicted octanol–water partition coefficient (Wildman–Crippen LogP) is 3.15. The molecule has 0 aromatic rings. The fraction of sp³-hybridized carbons (Fsp3) is 0.882. The highest BCUT2D eigenvalue weighted by atomic mass is 16.5. The summed E-state index contributed by atoms with van der Waals surface area (Å²) < 4.78 is 4.83. The van der Waals surface area contributed by atoms with E-state index in [1.807, 2.05) is 11.8 Å². The topological polar surface area (TPSA) is 46.6 Å². The van der Waals surface area contributed by atoms with Gasteiger partial charge in [-0.05, 0) is 25.7 Å². The number of hydrogen-bond acceptors (Lipinski definition) is 3. The van der Waals surface area contributed by atoms with Gasteiger partial charge in [-0.2, -0.15) is 0 Å². The van der Waals surface area contributed by atoms with Crippen LogP contribution in [-0.2, 0) is 14.3 Å². The van der Waals surface area contributed by atoms with Crippen LogP contribution in [0.3, 0.4) is 0 Å². The predicted molar refractivity (Wildman–Crippen MR) is 81.7 cm³/mol. The van der Waals surface area contributed by atoms with E-state index in [-0.39, 0.29) is 23.7 Å². The van der Waals surface area contributed by atoms with Gasteiger partial charge in [0.05, 0.1) is 13.0 Å². The van der Waals surface area contributed by atoms with Gasteiger partial charge >= 0.3 is 5.97 Å². The van der Waals surface area contributed by atoms with Crippen LogP contribution < -0.4 is 0 Å². The van der Waals surface area contributed by atoms with Crippen LogP contribution in [-0.4, -0.2) is 36.5 Å². The molecule has 1 atom stereocenters. The Morgan fingerprint density at radius 3 is 2.14 bits per heavy atom. The normalized spacial score (nSPS) is 22.0. The lowest BCUT2D eigenvalue weighted by atomic mass is 9.83. The SMILES string of the molecule is COC(=O)C(C)CN(C(=O)C1CCC1)C1CCCCCC1. The van der Waals surface area contributed by atoms with E-state index in [0.717, 1.165) is 25.7 Å². The van der Waals surface area contributed by atoms with Gasteiger partial charge in [0.25, 0.3) is 0 Å². The van der Waals surface area contributed by atoms with Crippen molar-refractivity contribution < 1.29 is 14.3 Å². The molecule has 1 amide bonds. The Kier molecular flexibility index (Phi) is 6.07. The average Bonchev–Trinajstić information content (AvgIpc) is 2.70. The van der Waals surface area contributed by atoms with Crippen molar-refractivity contribution in [2.24, 2.45) is 11.8 Å². The van der Waals surface area contributed by atoms with Crippen molar-refractivity contribution in [3.63, 3.8) is 0 Å². The summed E-state index contributed by atoms with van der Waals surface area (Å²) in [7, 11) is 1.42. The van der Waals surface area contributed by atoms with Gasteiger partial charge in [-0.25, -0.2) is 0 Å². The van der Waals surface area contributed by atoms with E-state index in [1.165, 1.54) is 39.2 Å². The third-order valence-electron chi connectivity index (χ3n) is 5.08. The molecule has 0 bridgehead atoms. The first-order valence-electron chi connectivity index (χ1n) is 8.51. The molecular formula is C17H29NO3. The lowest BCUT2D eigenvalue weighted by Crippen LogP contribution is -2.48. The number of esters is 1. The first-order chi connectivity index (χ1) is 10.1. The van der Waals surface area contributed by atoms with Gasteiger partial charge in [-0.3, -0.25) is 9.59 Å². The van der Waals surface area contributed by atoms with Crippen molar-refractivity contribution in [3.05, 3.63) is 0 Å². The molecule has 4 heteroatoms. The summed E-state index contributed by atoms with van der Waals surface area (Å²) in [6.07, 6.45) is 10.3. The molecule has 2 aliphatic rings. The third kappa shape index (κ3) is 4.21. The van der Waals surface area contributed by atoms with Gasteiger partial charge in [0.15, 0.2) is 0 Å². The van der Waals surface area contributed by atoms with Crippen LogP contribution in [0.5, 0.6) is 0 Å². The number of carbonyl (C=O) groups is 2. The van der Waals surface area contributed by atoms with Crippen molar-refractivity contribution in [2.45, 2.75) is 70.8 Å². The van der Waals surface area contributed by atoms with E-state index >= 15 is 0 Å². The summed E-state index contributed by atoms with van der Waals surface area (Å²) in [4.78, 5) is 26.5. The highest BCUT2D eigenvalue weighted by Gasteiger charge is 2.34. The zero-order valence-electron chi connectivity index (χ0n) is 13.5. The molecular weight excluding hydrogens is 266 g/mol. The zero-order valence-corrected chi connectivity index (χ0v) is 13.5. The number of carbonyl (C=O) groups excluding carboxylic acids is 2. The third-order valence-corrected chi connectivity index (χ3v) is 5.08. The Hall–Kier alpha value is -1.06. The summed E-state index contributed by atoms with van der Waals surface area (Å²) in [5, 5.41) is 0. The van der Waals surface area contributed by atoms with Crippen molar-refractivity contribution in [3.8, 4) is 0 Å². The van der Waals surface area contributed by atoms with Gasteiger partial charge < -0.3 is 9.64 Å². The monoisotopic (exact) mass is 295 g/mol. The Balaban J connectivity index is 2.04. The molecule has 0 aromatic heterocycles. The second-order valence-electron chi connectivity index (χ2n) is 6.69. The van der Waals surface area contributed by atoms with Gasteiger partial charge in [0.2, 0.25) is 5.91 Å². The molecule has 0 saturated heterocycles. The average molecular weight is 295 g/mol. The molecule has 0 heterocycles. The van der Waals surface area contributed by atoms with Crippen molar-refractivity contribution >= 4 is 11.9 Å². The Morgan fingerprint density at radius 2 is 1.67 bits per heavy atom. The number of amides is 1. The first kappa shape index (κ1) is 16.3. The van der Waals surface area contributed by atoms with Gasteiger partial charge in [-0.1, -0.05) is 39.0 Å². The highest BCUT2D eigenvalue weighted by molar-refractivity contribution is 5.81. The molecule has 0 aliphatic heterocycles. The van der Waals surface area contributed by atoms with Crippen LogP contribution in [0, 0.1) is 11.8 Å². The summed E-state index contributed by atoms with van der Waals surface area (Å²) >= 11 is 0. The number of ether oxygens (including phenoxy) is 1. The molecule has 0 spiro atoms. The summed E-state index contributed by atoms with van der Waals surface area (Å²) in [5.74, 6) is 0.0410. The highest BCUT2D eigenvalue weighted by Crippen LogP contribution is 2.31. The van der Waals surface area contributed by atoms with Crippen LogP contribution >= 0.6 is 0 Å². The van der Waals surface area contributed by atoms with Crippen molar-refractivity contribution in [1.29, 1.82) is 0 Å². The van der Waals surface area contributed by atoms with E-state index in [2.05, 4.69) is 0 Å². The summed E-state index contributed by atoms with van der Waals surface area (Å²) in [5.41, 5.74) is 0. The maximum Gasteiger partial charge on any atom is 0.310 e. The molecule has 21 heavy (non-hydrogen) atoms. The fourth-order valence-electron chi connectivity index (χ4n) is 3.45. The molecule has 120 valence electrons. The van der Waals surface area contributed by atoms with Crippen LogP contribution in [0.25, 0.3) is 0 Å². The van der Waals surface area contributed by atoms with Gasteiger partial charge in [0, 0.05) is 18.5 Å². The maximum absolute atomic E-state index is 12.8. The maximum atomic E-state index is 12.8. The minimum Gasteiger partial charge on any atom is -0.469 e. The standard InChI is InChI=1S/C17H29NO3/c1-13(17(20)21-2)12-18(16(19)14-8-7-9-14)15-10-5-3-4-6-11-15/h13-15H,3-12H2,1-2H3. The van der Waals surface area contributed by atoms with E-state index in [4.69, 9.17) is 4.74 Å². The molecule has 1 unspecified atom stereocenters. The zero-order chi connectivity index (χ0) is 15.2. The van der Waals surface area contributed by atoms with Crippen LogP contribution in [0.15, 0.2) is 0 Å². The largest absolute Gasteiger partial charge is 0.469 e. The van der Waals surface area contributed by atoms with E-state index in [1.54, 1.807) is 0 Å². The van der Waals surface area contributed by atoms with Crippen LogP contribution in [0.2, 0.25) is 0 Å². The lowest BCUT2D eigenvalue weighted by Gasteiger charge is -2.38.